The summed E-state index contributed by atoms with van der Waals surface area (Å²) in [5, 5.41) is 8.55. The van der Waals surface area contributed by atoms with Crippen molar-refractivity contribution >= 4 is 5.91 Å². The molecular weight excluding hydrogens is 252 g/mol. The molecule has 2 heterocycles. The minimum Gasteiger partial charge on any atom is -0.345 e. The number of hydrogen-bond donors (Lipinski definition) is 0. The summed E-state index contributed by atoms with van der Waals surface area (Å²) in [6, 6.07) is 2.79. The Balaban J connectivity index is 1.73. The molecule has 20 heavy (non-hydrogen) atoms. The summed E-state index contributed by atoms with van der Waals surface area (Å²) < 4.78 is 0. The molecule has 0 N–H and O–H groups in total. The molecule has 0 aromatic heterocycles. The summed E-state index contributed by atoms with van der Waals surface area (Å²) in [6.45, 7) is 6.12. The molecule has 0 bridgehead atoms. The first kappa shape index (κ1) is 15.3. The third-order valence-corrected chi connectivity index (χ3v) is 4.51. The Labute approximate surface area is 122 Å². The fraction of sp³-hybridized carbons (Fsp3) is 0.867. The van der Waals surface area contributed by atoms with E-state index >= 15 is 0 Å². The molecule has 112 valence electrons. The van der Waals surface area contributed by atoms with Crippen LogP contribution in [0.15, 0.2) is 0 Å². The number of carbonyl (C=O) groups excluding carboxylic acids is 1. The molecular formula is C15H26N4O. The third-order valence-electron chi connectivity index (χ3n) is 4.51. The Kier molecular flexibility index (Phi) is 5.81. The number of hydrogen-bond acceptors (Lipinski definition) is 4. The Morgan fingerprint density at radius 3 is 2.95 bits per heavy atom. The van der Waals surface area contributed by atoms with Gasteiger partial charge in [-0.1, -0.05) is 0 Å². The van der Waals surface area contributed by atoms with Gasteiger partial charge in [-0.3, -0.25) is 9.69 Å². The topological polar surface area (TPSA) is 50.6 Å². The van der Waals surface area contributed by atoms with Crippen LogP contribution in [0.2, 0.25) is 0 Å². The average molecular weight is 278 g/mol. The van der Waals surface area contributed by atoms with Crippen molar-refractivity contribution in [1.82, 2.24) is 14.7 Å². The first-order valence-corrected chi connectivity index (χ1v) is 7.78. The number of amides is 1. The van der Waals surface area contributed by atoms with Gasteiger partial charge in [0.2, 0.25) is 5.91 Å². The van der Waals surface area contributed by atoms with Gasteiger partial charge in [-0.05, 0) is 38.9 Å². The molecule has 2 fully saturated rings. The second kappa shape index (κ2) is 7.61. The van der Waals surface area contributed by atoms with Gasteiger partial charge in [-0.2, -0.15) is 5.26 Å². The van der Waals surface area contributed by atoms with E-state index in [1.165, 1.54) is 32.4 Å². The van der Waals surface area contributed by atoms with Crippen LogP contribution in [0.4, 0.5) is 0 Å². The van der Waals surface area contributed by atoms with E-state index in [9.17, 15) is 4.79 Å². The van der Waals surface area contributed by atoms with E-state index in [4.69, 9.17) is 5.26 Å². The molecule has 0 aliphatic carbocycles. The number of rotatable bonds is 5. The van der Waals surface area contributed by atoms with E-state index in [0.717, 1.165) is 19.6 Å². The quantitative estimate of drug-likeness (QED) is 0.750. The van der Waals surface area contributed by atoms with Crippen LogP contribution in [-0.4, -0.2) is 73.0 Å². The van der Waals surface area contributed by atoms with Gasteiger partial charge in [0.05, 0.1) is 12.5 Å². The standard InChI is InChI=1S/C15H26N4O/c1-17(8-3-7-16)15(20)6-12-18-9-4-11-19-10-2-5-14(19)13-18/h14H,2-6,8-13H2,1H3. The summed E-state index contributed by atoms with van der Waals surface area (Å²) in [7, 11) is 1.79. The lowest BCUT2D eigenvalue weighted by Crippen LogP contribution is -2.38. The molecule has 5 nitrogen and oxygen atoms in total. The van der Waals surface area contributed by atoms with Crippen LogP contribution in [0.5, 0.6) is 0 Å². The van der Waals surface area contributed by atoms with E-state index in [-0.39, 0.29) is 5.91 Å². The predicted molar refractivity (Wildman–Crippen MR) is 78.1 cm³/mol. The van der Waals surface area contributed by atoms with E-state index in [2.05, 4.69) is 15.9 Å². The van der Waals surface area contributed by atoms with Crippen LogP contribution in [0, 0.1) is 11.3 Å². The Hall–Kier alpha value is -1.12. The van der Waals surface area contributed by atoms with Crippen molar-refractivity contribution in [3.63, 3.8) is 0 Å². The van der Waals surface area contributed by atoms with Gasteiger partial charge in [0, 0.05) is 39.1 Å². The fourth-order valence-electron chi connectivity index (χ4n) is 3.27. The molecule has 2 aliphatic heterocycles. The van der Waals surface area contributed by atoms with Gasteiger partial charge in [0.25, 0.3) is 0 Å². The summed E-state index contributed by atoms with van der Waals surface area (Å²) in [5.41, 5.74) is 0. The highest BCUT2D eigenvalue weighted by Crippen LogP contribution is 2.21. The number of nitriles is 1. The van der Waals surface area contributed by atoms with Crippen molar-refractivity contribution in [3.05, 3.63) is 0 Å². The van der Waals surface area contributed by atoms with Crippen molar-refractivity contribution in [3.8, 4) is 6.07 Å². The lowest BCUT2D eigenvalue weighted by atomic mass is 10.2. The molecule has 0 radical (unpaired) electrons. The van der Waals surface area contributed by atoms with Gasteiger partial charge >= 0.3 is 0 Å². The van der Waals surface area contributed by atoms with Crippen LogP contribution in [-0.2, 0) is 4.79 Å². The van der Waals surface area contributed by atoms with E-state index < -0.39 is 0 Å². The van der Waals surface area contributed by atoms with Crippen molar-refractivity contribution in [1.29, 1.82) is 5.26 Å². The average Bonchev–Trinajstić information content (AvgIpc) is 2.80. The maximum absolute atomic E-state index is 12.0. The summed E-state index contributed by atoms with van der Waals surface area (Å²) >= 11 is 0. The lowest BCUT2D eigenvalue weighted by molar-refractivity contribution is -0.130. The van der Waals surface area contributed by atoms with E-state index in [0.29, 0.717) is 25.4 Å². The first-order valence-electron chi connectivity index (χ1n) is 7.78. The van der Waals surface area contributed by atoms with E-state index in [1.54, 1.807) is 11.9 Å². The Morgan fingerprint density at radius 1 is 1.35 bits per heavy atom. The zero-order chi connectivity index (χ0) is 14.4. The summed E-state index contributed by atoms with van der Waals surface area (Å²) in [4.78, 5) is 18.7. The second-order valence-corrected chi connectivity index (χ2v) is 5.96. The van der Waals surface area contributed by atoms with Gasteiger partial charge in [0.1, 0.15) is 0 Å². The maximum atomic E-state index is 12.0. The monoisotopic (exact) mass is 278 g/mol. The highest BCUT2D eigenvalue weighted by molar-refractivity contribution is 5.76. The van der Waals surface area contributed by atoms with Crippen molar-refractivity contribution in [2.75, 3.05) is 46.3 Å². The number of carbonyl (C=O) groups is 1. The SMILES string of the molecule is CN(CCC#N)C(=O)CCN1CCCN2CCCC2C1. The molecule has 0 saturated carbocycles. The minimum atomic E-state index is 0.160. The molecule has 0 spiro atoms. The van der Waals surface area contributed by atoms with E-state index in [1.807, 2.05) is 0 Å². The van der Waals surface area contributed by atoms with Crippen LogP contribution in [0.25, 0.3) is 0 Å². The maximum Gasteiger partial charge on any atom is 0.223 e. The van der Waals surface area contributed by atoms with Crippen molar-refractivity contribution in [2.24, 2.45) is 0 Å². The molecule has 5 heteroatoms. The highest BCUT2D eigenvalue weighted by Gasteiger charge is 2.28. The molecule has 2 rings (SSSR count). The van der Waals surface area contributed by atoms with Gasteiger partial charge in [0.15, 0.2) is 0 Å². The number of nitrogens with zero attached hydrogens (tertiary/aromatic N) is 4. The normalized spacial score (nSPS) is 23.9. The lowest BCUT2D eigenvalue weighted by Gasteiger charge is -2.26. The van der Waals surface area contributed by atoms with Crippen LogP contribution >= 0.6 is 0 Å². The van der Waals surface area contributed by atoms with Gasteiger partial charge < -0.3 is 9.80 Å². The molecule has 0 aromatic rings. The fourth-order valence-corrected chi connectivity index (χ4v) is 3.27. The highest BCUT2D eigenvalue weighted by atomic mass is 16.2. The first-order chi connectivity index (χ1) is 9.70. The van der Waals surface area contributed by atoms with Crippen LogP contribution in [0.3, 0.4) is 0 Å². The van der Waals surface area contributed by atoms with Crippen molar-refractivity contribution < 1.29 is 4.79 Å². The predicted octanol–water partition coefficient (Wildman–Crippen LogP) is 0.919. The molecule has 2 saturated heterocycles. The molecule has 1 amide bonds. The molecule has 1 atom stereocenters. The minimum absolute atomic E-state index is 0.160. The largest absolute Gasteiger partial charge is 0.345 e. The molecule has 1 unspecified atom stereocenters. The Morgan fingerprint density at radius 2 is 2.15 bits per heavy atom. The third kappa shape index (κ3) is 4.19. The summed E-state index contributed by atoms with van der Waals surface area (Å²) in [6.07, 6.45) is 4.85. The van der Waals surface area contributed by atoms with Crippen molar-refractivity contribution in [2.45, 2.75) is 38.1 Å². The van der Waals surface area contributed by atoms with Gasteiger partial charge in [-0.25, -0.2) is 0 Å². The van der Waals surface area contributed by atoms with Gasteiger partial charge in [-0.15, -0.1) is 0 Å². The van der Waals surface area contributed by atoms with Crippen LogP contribution < -0.4 is 0 Å². The van der Waals surface area contributed by atoms with Crippen LogP contribution in [0.1, 0.15) is 32.1 Å². The summed E-state index contributed by atoms with van der Waals surface area (Å²) in [5.74, 6) is 0.160. The zero-order valence-electron chi connectivity index (χ0n) is 12.6. The smallest absolute Gasteiger partial charge is 0.223 e. The number of fused-ring (bicyclic) bond motifs is 1. The zero-order valence-corrected chi connectivity index (χ0v) is 12.6. The molecule has 2 aliphatic rings. The molecule has 0 aromatic carbocycles. The Bertz CT molecular complexity index is 365. The second-order valence-electron chi connectivity index (χ2n) is 5.96.